The maximum absolute atomic E-state index is 13.0. The molecular weight excluding hydrogens is 479 g/mol. The van der Waals surface area contributed by atoms with Crippen molar-refractivity contribution in [3.05, 3.63) is 97.9 Å². The van der Waals surface area contributed by atoms with Crippen molar-refractivity contribution in [1.29, 1.82) is 0 Å². The summed E-state index contributed by atoms with van der Waals surface area (Å²) >= 11 is 15.2. The van der Waals surface area contributed by atoms with Crippen molar-refractivity contribution in [3.63, 3.8) is 0 Å². The maximum atomic E-state index is 13.0. The smallest absolute Gasteiger partial charge is 0.281 e. The van der Waals surface area contributed by atoms with Crippen LogP contribution in [0.1, 0.15) is 16.7 Å². The lowest BCUT2D eigenvalue weighted by Gasteiger charge is -2.27. The number of carbonyl (C=O) groups is 1. The van der Waals surface area contributed by atoms with Crippen LogP contribution in [0.4, 0.5) is 0 Å². The van der Waals surface area contributed by atoms with Crippen LogP contribution in [0.2, 0.25) is 10.0 Å². The second kappa shape index (κ2) is 8.97. The van der Waals surface area contributed by atoms with Crippen LogP contribution < -0.4 is 5.43 Å². The van der Waals surface area contributed by atoms with Crippen LogP contribution in [-0.4, -0.2) is 22.3 Å². The summed E-state index contributed by atoms with van der Waals surface area (Å²) < 4.78 is 0.738. The van der Waals surface area contributed by atoms with Gasteiger partial charge in [-0.3, -0.25) is 4.79 Å². The Morgan fingerprint density at radius 3 is 2.00 bits per heavy atom. The largest absolute Gasteiger partial charge is 0.507 e. The number of hydrogen-bond acceptors (Lipinski definition) is 4. The van der Waals surface area contributed by atoms with Crippen LogP contribution in [-0.2, 0) is 10.4 Å². The molecule has 0 aliphatic carbocycles. The molecule has 0 heterocycles. The lowest BCUT2D eigenvalue weighted by Crippen LogP contribution is -2.43. The Morgan fingerprint density at radius 2 is 1.48 bits per heavy atom. The van der Waals surface area contributed by atoms with Crippen molar-refractivity contribution < 1.29 is 15.0 Å². The van der Waals surface area contributed by atoms with Gasteiger partial charge in [-0.15, -0.1) is 0 Å². The van der Waals surface area contributed by atoms with E-state index in [-0.39, 0.29) is 5.75 Å². The van der Waals surface area contributed by atoms with Crippen LogP contribution in [0, 0.1) is 0 Å². The molecule has 0 fully saturated rings. The summed E-state index contributed by atoms with van der Waals surface area (Å²) in [4.78, 5) is 13.0. The normalized spacial score (nSPS) is 11.6. The van der Waals surface area contributed by atoms with E-state index in [4.69, 9.17) is 23.2 Å². The number of halogens is 3. The van der Waals surface area contributed by atoms with E-state index >= 15 is 0 Å². The zero-order valence-electron chi connectivity index (χ0n) is 14.8. The highest BCUT2D eigenvalue weighted by Crippen LogP contribution is 2.32. The van der Waals surface area contributed by atoms with Crippen LogP contribution in [0.25, 0.3) is 0 Å². The fourth-order valence-corrected chi connectivity index (χ4v) is 3.31. The summed E-state index contributed by atoms with van der Waals surface area (Å²) in [5.41, 5.74) is 1.30. The van der Waals surface area contributed by atoms with Gasteiger partial charge in [0.05, 0.1) is 6.21 Å². The van der Waals surface area contributed by atoms with E-state index in [1.165, 1.54) is 12.3 Å². The third-order valence-electron chi connectivity index (χ3n) is 4.21. The fraction of sp³-hybridized carbons (Fsp3) is 0.0476. The minimum atomic E-state index is -2.04. The van der Waals surface area contributed by atoms with E-state index in [2.05, 4.69) is 26.5 Å². The number of nitrogens with one attached hydrogen (secondary N) is 1. The third-order valence-corrected chi connectivity index (χ3v) is 5.21. The Hall–Kier alpha value is -2.38. The minimum absolute atomic E-state index is 0.00290. The van der Waals surface area contributed by atoms with Crippen LogP contribution in [0.15, 0.2) is 76.3 Å². The van der Waals surface area contributed by atoms with Gasteiger partial charge in [-0.2, -0.15) is 5.10 Å². The van der Waals surface area contributed by atoms with Gasteiger partial charge in [0.15, 0.2) is 5.60 Å². The monoisotopic (exact) mass is 492 g/mol. The predicted octanol–water partition coefficient (Wildman–Crippen LogP) is 4.85. The Bertz CT molecular complexity index is 1010. The first-order chi connectivity index (χ1) is 13.8. The highest BCUT2D eigenvalue weighted by molar-refractivity contribution is 9.10. The summed E-state index contributed by atoms with van der Waals surface area (Å²) in [6.45, 7) is 0. The Balaban J connectivity index is 1.94. The van der Waals surface area contributed by atoms with Crippen molar-refractivity contribution in [1.82, 2.24) is 5.43 Å². The number of hydrazone groups is 1. The number of hydrogen-bond donors (Lipinski definition) is 3. The first kappa shape index (κ1) is 21.3. The minimum Gasteiger partial charge on any atom is -0.507 e. The molecule has 0 radical (unpaired) electrons. The van der Waals surface area contributed by atoms with Gasteiger partial charge >= 0.3 is 0 Å². The zero-order valence-corrected chi connectivity index (χ0v) is 17.9. The number of aromatic hydroxyl groups is 1. The summed E-state index contributed by atoms with van der Waals surface area (Å²) in [5.74, 6) is -0.787. The number of nitrogens with zero attached hydrogens (tertiary/aromatic N) is 1. The van der Waals surface area contributed by atoms with E-state index < -0.39 is 11.5 Å². The second-order valence-electron chi connectivity index (χ2n) is 6.13. The van der Waals surface area contributed by atoms with Crippen molar-refractivity contribution >= 4 is 51.3 Å². The molecule has 148 valence electrons. The van der Waals surface area contributed by atoms with Gasteiger partial charge in [0.1, 0.15) is 5.75 Å². The number of rotatable bonds is 5. The van der Waals surface area contributed by atoms with E-state index in [1.54, 1.807) is 60.7 Å². The van der Waals surface area contributed by atoms with Gasteiger partial charge in [-0.05, 0) is 53.6 Å². The average molecular weight is 494 g/mol. The first-order valence-corrected chi connectivity index (χ1v) is 9.92. The molecule has 0 saturated heterocycles. The Labute approximate surface area is 185 Å². The van der Waals surface area contributed by atoms with Crippen LogP contribution >= 0.6 is 39.1 Å². The fourth-order valence-electron chi connectivity index (χ4n) is 2.68. The van der Waals surface area contributed by atoms with Crippen molar-refractivity contribution in [2.75, 3.05) is 0 Å². The molecular formula is C21H15BrCl2N2O3. The van der Waals surface area contributed by atoms with Crippen molar-refractivity contribution in [2.45, 2.75) is 5.60 Å². The molecule has 3 aromatic rings. The molecule has 1 amide bonds. The standard InChI is InChI=1S/C21H15BrCl2N2O3/c22-16-5-10-19(27)13(11-16)12-25-26-20(28)21(29,14-1-6-17(23)7-2-14)15-3-8-18(24)9-4-15/h1-12,27,29H,(H,26,28). The lowest BCUT2D eigenvalue weighted by atomic mass is 9.85. The molecule has 0 aromatic heterocycles. The number of aliphatic hydroxyl groups is 1. The predicted molar refractivity (Wildman–Crippen MR) is 117 cm³/mol. The van der Waals surface area contributed by atoms with Gasteiger partial charge in [0, 0.05) is 20.1 Å². The van der Waals surface area contributed by atoms with E-state index in [9.17, 15) is 15.0 Å². The Kier molecular flexibility index (Phi) is 6.59. The molecule has 0 spiro atoms. The number of phenolic OH excluding ortho intramolecular Hbond substituents is 1. The average Bonchev–Trinajstić information content (AvgIpc) is 2.71. The van der Waals surface area contributed by atoms with Gasteiger partial charge in [0.25, 0.3) is 5.91 Å². The quantitative estimate of drug-likeness (QED) is 0.351. The molecule has 29 heavy (non-hydrogen) atoms. The molecule has 5 nitrogen and oxygen atoms in total. The van der Waals surface area contributed by atoms with E-state index in [1.807, 2.05) is 0 Å². The molecule has 0 aliphatic rings. The molecule has 3 aromatic carbocycles. The Morgan fingerprint density at radius 1 is 0.966 bits per heavy atom. The number of benzene rings is 3. The van der Waals surface area contributed by atoms with Crippen LogP contribution in [0.3, 0.4) is 0 Å². The summed E-state index contributed by atoms with van der Waals surface area (Å²) in [6, 6.07) is 17.3. The van der Waals surface area contributed by atoms with Gasteiger partial charge in [-0.1, -0.05) is 63.4 Å². The summed E-state index contributed by atoms with van der Waals surface area (Å²) in [7, 11) is 0. The SMILES string of the molecule is O=C(NN=Cc1cc(Br)ccc1O)C(O)(c1ccc(Cl)cc1)c1ccc(Cl)cc1. The van der Waals surface area contributed by atoms with Crippen LogP contribution in [0.5, 0.6) is 5.75 Å². The molecule has 0 atom stereocenters. The third kappa shape index (κ3) is 4.79. The topological polar surface area (TPSA) is 81.9 Å². The van der Waals surface area contributed by atoms with Crippen molar-refractivity contribution in [2.24, 2.45) is 5.10 Å². The molecule has 0 unspecified atom stereocenters. The lowest BCUT2D eigenvalue weighted by molar-refractivity contribution is -0.136. The summed E-state index contributed by atoms with van der Waals surface area (Å²) in [6.07, 6.45) is 1.28. The highest BCUT2D eigenvalue weighted by Gasteiger charge is 2.40. The molecule has 3 N–H and O–H groups in total. The highest BCUT2D eigenvalue weighted by atomic mass is 79.9. The maximum Gasteiger partial charge on any atom is 0.281 e. The van der Waals surface area contributed by atoms with Gasteiger partial charge in [0.2, 0.25) is 0 Å². The number of amides is 1. The van der Waals surface area contributed by atoms with E-state index in [0.717, 1.165) is 4.47 Å². The molecule has 0 saturated carbocycles. The summed E-state index contributed by atoms with van der Waals surface area (Å²) in [5, 5.41) is 26.1. The zero-order chi connectivity index (χ0) is 21.0. The molecule has 0 bridgehead atoms. The number of phenols is 1. The van der Waals surface area contributed by atoms with Crippen molar-refractivity contribution in [3.8, 4) is 5.75 Å². The van der Waals surface area contributed by atoms with Gasteiger partial charge in [-0.25, -0.2) is 5.43 Å². The second-order valence-corrected chi connectivity index (χ2v) is 7.92. The van der Waals surface area contributed by atoms with E-state index in [0.29, 0.717) is 26.7 Å². The number of carbonyl (C=O) groups excluding carboxylic acids is 1. The molecule has 8 heteroatoms. The molecule has 3 rings (SSSR count). The van der Waals surface area contributed by atoms with Gasteiger partial charge < -0.3 is 10.2 Å². The first-order valence-electron chi connectivity index (χ1n) is 8.37. The molecule has 0 aliphatic heterocycles.